The van der Waals surface area contributed by atoms with Crippen LogP contribution >= 0.6 is 0 Å². The Bertz CT molecular complexity index is 769. The SMILES string of the molecule is O=C(O)c1nn(-c2ccc(F)cc2F)c2c1[C@@H]1CC[C@H]2C1. The summed E-state index contributed by atoms with van der Waals surface area (Å²) in [6.07, 6.45) is 2.82. The van der Waals surface area contributed by atoms with Crippen molar-refractivity contribution in [3.63, 3.8) is 0 Å². The summed E-state index contributed by atoms with van der Waals surface area (Å²) in [7, 11) is 0. The lowest BCUT2D eigenvalue weighted by molar-refractivity contribution is 0.0688. The molecule has 2 aromatic rings. The highest BCUT2D eigenvalue weighted by Crippen LogP contribution is 2.54. The predicted octanol–water partition coefficient (Wildman–Crippen LogP) is 3.21. The Morgan fingerprint density at radius 2 is 2.05 bits per heavy atom. The average molecular weight is 290 g/mol. The van der Waals surface area contributed by atoms with E-state index < -0.39 is 17.6 Å². The number of nitrogens with zero attached hydrogens (tertiary/aromatic N) is 2. The normalized spacial score (nSPS) is 22.6. The van der Waals surface area contributed by atoms with Crippen molar-refractivity contribution < 1.29 is 18.7 Å². The third kappa shape index (κ3) is 1.65. The van der Waals surface area contributed by atoms with Gasteiger partial charge in [-0.15, -0.1) is 0 Å². The number of aromatic carboxylic acids is 1. The summed E-state index contributed by atoms with van der Waals surface area (Å²) in [5.74, 6) is -2.08. The lowest BCUT2D eigenvalue weighted by atomic mass is 9.95. The van der Waals surface area contributed by atoms with E-state index in [2.05, 4.69) is 5.10 Å². The van der Waals surface area contributed by atoms with E-state index in [-0.39, 0.29) is 23.2 Å². The maximum Gasteiger partial charge on any atom is 0.356 e. The van der Waals surface area contributed by atoms with Crippen molar-refractivity contribution in [2.45, 2.75) is 31.1 Å². The van der Waals surface area contributed by atoms with E-state index in [1.165, 1.54) is 10.7 Å². The number of benzene rings is 1. The number of aromatic nitrogens is 2. The minimum Gasteiger partial charge on any atom is -0.476 e. The first-order valence-electron chi connectivity index (χ1n) is 6.87. The van der Waals surface area contributed by atoms with Gasteiger partial charge < -0.3 is 5.11 Å². The average Bonchev–Trinajstić information content (AvgIpc) is 3.09. The second-order valence-corrected chi connectivity index (χ2v) is 5.67. The van der Waals surface area contributed by atoms with E-state index in [0.29, 0.717) is 0 Å². The van der Waals surface area contributed by atoms with Crippen LogP contribution < -0.4 is 0 Å². The van der Waals surface area contributed by atoms with Crippen molar-refractivity contribution in [1.29, 1.82) is 0 Å². The van der Waals surface area contributed by atoms with E-state index in [4.69, 9.17) is 0 Å². The molecule has 21 heavy (non-hydrogen) atoms. The number of carbonyl (C=O) groups is 1. The third-order valence-electron chi connectivity index (χ3n) is 4.53. The third-order valence-corrected chi connectivity index (χ3v) is 4.53. The molecule has 4 nitrogen and oxygen atoms in total. The van der Waals surface area contributed by atoms with Crippen LogP contribution in [0.1, 0.15) is 52.8 Å². The summed E-state index contributed by atoms with van der Waals surface area (Å²) in [6.45, 7) is 0. The molecular formula is C15H12F2N2O2. The molecule has 0 aliphatic heterocycles. The van der Waals surface area contributed by atoms with E-state index in [1.54, 1.807) is 0 Å². The topological polar surface area (TPSA) is 55.1 Å². The number of hydrogen-bond acceptors (Lipinski definition) is 2. The van der Waals surface area contributed by atoms with Gasteiger partial charge in [-0.1, -0.05) is 0 Å². The molecule has 4 rings (SSSR count). The summed E-state index contributed by atoms with van der Waals surface area (Å²) in [5.41, 5.74) is 1.63. The van der Waals surface area contributed by atoms with Crippen molar-refractivity contribution in [3.8, 4) is 5.69 Å². The molecule has 1 fully saturated rings. The summed E-state index contributed by atoms with van der Waals surface area (Å²) < 4.78 is 28.4. The molecule has 0 amide bonds. The van der Waals surface area contributed by atoms with Gasteiger partial charge in [0.2, 0.25) is 0 Å². The van der Waals surface area contributed by atoms with E-state index in [9.17, 15) is 18.7 Å². The number of carboxylic acid groups (broad SMARTS) is 1. The molecule has 1 aromatic carbocycles. The van der Waals surface area contributed by atoms with E-state index >= 15 is 0 Å². The molecule has 0 saturated heterocycles. The van der Waals surface area contributed by atoms with Crippen molar-refractivity contribution >= 4 is 5.97 Å². The fourth-order valence-electron chi connectivity index (χ4n) is 3.73. The van der Waals surface area contributed by atoms with Crippen molar-refractivity contribution in [3.05, 3.63) is 46.8 Å². The van der Waals surface area contributed by atoms with Gasteiger partial charge in [0.1, 0.15) is 11.5 Å². The van der Waals surface area contributed by atoms with Gasteiger partial charge in [-0.05, 0) is 37.3 Å². The number of hydrogen-bond donors (Lipinski definition) is 1. The Morgan fingerprint density at radius 1 is 1.29 bits per heavy atom. The fourth-order valence-corrected chi connectivity index (χ4v) is 3.73. The molecule has 6 heteroatoms. The highest BCUT2D eigenvalue weighted by molar-refractivity contribution is 5.88. The van der Waals surface area contributed by atoms with Gasteiger partial charge in [0.25, 0.3) is 0 Å². The number of carboxylic acids is 1. The van der Waals surface area contributed by atoms with Crippen LogP contribution in [0.15, 0.2) is 18.2 Å². The molecule has 2 atom stereocenters. The minimum absolute atomic E-state index is 0.000856. The van der Waals surface area contributed by atoms with Gasteiger partial charge in [0, 0.05) is 17.5 Å². The zero-order valence-electron chi connectivity index (χ0n) is 11.0. The zero-order valence-corrected chi connectivity index (χ0v) is 11.0. The van der Waals surface area contributed by atoms with Crippen LogP contribution in [-0.4, -0.2) is 20.9 Å². The monoisotopic (exact) mass is 290 g/mol. The lowest BCUT2D eigenvalue weighted by Crippen LogP contribution is -2.08. The van der Waals surface area contributed by atoms with Crippen molar-refractivity contribution in [2.75, 3.05) is 0 Å². The summed E-state index contributed by atoms with van der Waals surface area (Å²) in [6, 6.07) is 3.24. The Morgan fingerprint density at radius 3 is 2.76 bits per heavy atom. The number of halogens is 2. The summed E-state index contributed by atoms with van der Waals surface area (Å²) >= 11 is 0. The van der Waals surface area contributed by atoms with Crippen LogP contribution in [0.2, 0.25) is 0 Å². The van der Waals surface area contributed by atoms with Gasteiger partial charge in [-0.3, -0.25) is 0 Å². The highest BCUT2D eigenvalue weighted by atomic mass is 19.1. The quantitative estimate of drug-likeness (QED) is 0.924. The van der Waals surface area contributed by atoms with Crippen LogP contribution in [-0.2, 0) is 0 Å². The molecule has 0 radical (unpaired) electrons. The largest absolute Gasteiger partial charge is 0.476 e. The Balaban J connectivity index is 1.97. The van der Waals surface area contributed by atoms with Gasteiger partial charge >= 0.3 is 5.97 Å². The summed E-state index contributed by atoms with van der Waals surface area (Å²) in [4.78, 5) is 11.4. The molecule has 1 aromatic heterocycles. The lowest BCUT2D eigenvalue weighted by Gasteiger charge is -2.14. The number of rotatable bonds is 2. The maximum absolute atomic E-state index is 14.0. The Kier molecular flexibility index (Phi) is 2.46. The van der Waals surface area contributed by atoms with Gasteiger partial charge in [-0.2, -0.15) is 5.10 Å². The molecule has 2 aliphatic carbocycles. The van der Waals surface area contributed by atoms with Crippen LogP contribution in [0, 0.1) is 11.6 Å². The van der Waals surface area contributed by atoms with Crippen molar-refractivity contribution in [1.82, 2.24) is 9.78 Å². The van der Waals surface area contributed by atoms with E-state index in [0.717, 1.165) is 42.7 Å². The van der Waals surface area contributed by atoms with Crippen LogP contribution in [0.25, 0.3) is 5.69 Å². The van der Waals surface area contributed by atoms with Crippen LogP contribution in [0.3, 0.4) is 0 Å². The van der Waals surface area contributed by atoms with Crippen LogP contribution in [0.4, 0.5) is 8.78 Å². The van der Waals surface area contributed by atoms with Gasteiger partial charge in [0.05, 0.1) is 5.69 Å². The zero-order chi connectivity index (χ0) is 14.7. The smallest absolute Gasteiger partial charge is 0.356 e. The molecule has 1 heterocycles. The Labute approximate surface area is 119 Å². The van der Waals surface area contributed by atoms with Gasteiger partial charge in [-0.25, -0.2) is 18.3 Å². The molecule has 1 N–H and O–H groups in total. The van der Waals surface area contributed by atoms with Crippen LogP contribution in [0.5, 0.6) is 0 Å². The van der Waals surface area contributed by atoms with Crippen molar-refractivity contribution in [2.24, 2.45) is 0 Å². The standard InChI is InChI=1S/C15H12F2N2O2/c16-9-3-4-11(10(17)6-9)19-14-8-2-1-7(5-8)12(14)13(18-19)15(20)21/h3-4,6-8H,1-2,5H2,(H,20,21)/t7-,8+/m1/s1. The Hall–Kier alpha value is -2.24. The molecule has 2 aliphatic rings. The first-order chi connectivity index (χ1) is 10.1. The molecule has 2 bridgehead atoms. The second kappa shape index (κ2) is 4.13. The molecule has 108 valence electrons. The number of fused-ring (bicyclic) bond motifs is 5. The van der Waals surface area contributed by atoms with Gasteiger partial charge in [0.15, 0.2) is 11.5 Å². The second-order valence-electron chi connectivity index (χ2n) is 5.67. The first kappa shape index (κ1) is 12.5. The summed E-state index contributed by atoms with van der Waals surface area (Å²) in [5, 5.41) is 13.4. The predicted molar refractivity (Wildman–Crippen MR) is 69.8 cm³/mol. The maximum atomic E-state index is 14.0. The minimum atomic E-state index is -1.10. The molecule has 0 spiro atoms. The molecule has 0 unspecified atom stereocenters. The fraction of sp³-hybridized carbons (Fsp3) is 0.333. The first-order valence-corrected chi connectivity index (χ1v) is 6.87. The van der Waals surface area contributed by atoms with E-state index in [1.807, 2.05) is 0 Å². The molecular weight excluding hydrogens is 278 g/mol. The molecule has 1 saturated carbocycles. The highest BCUT2D eigenvalue weighted by Gasteiger charge is 2.44.